The van der Waals surface area contributed by atoms with Crippen LogP contribution in [0.15, 0.2) is 0 Å². The van der Waals surface area contributed by atoms with Crippen molar-refractivity contribution in [3.63, 3.8) is 0 Å². The summed E-state index contributed by atoms with van der Waals surface area (Å²) in [5.74, 6) is 0.176. The molecule has 1 amide bonds. The molecule has 1 N–H and O–H groups in total. The van der Waals surface area contributed by atoms with Gasteiger partial charge in [0.25, 0.3) is 5.91 Å². The Bertz CT molecular complexity index is 246. The van der Waals surface area contributed by atoms with Gasteiger partial charge in [0.2, 0.25) is 0 Å². The number of nitrogens with zero attached hydrogens (tertiary/aromatic N) is 1. The van der Waals surface area contributed by atoms with Crippen LogP contribution in [0.4, 0.5) is 0 Å². The van der Waals surface area contributed by atoms with E-state index >= 15 is 0 Å². The molecule has 0 aliphatic carbocycles. The smallest absolute Gasteiger partial charge is 0.251 e. The molecular weight excluding hydrogens is 216 g/mol. The van der Waals surface area contributed by atoms with Crippen LogP contribution in [0.1, 0.15) is 39.0 Å². The number of carbonyl (C=O) groups excluding carboxylic acids is 1. The maximum atomic E-state index is 12.2. The van der Waals surface area contributed by atoms with Crippen molar-refractivity contribution >= 4 is 5.91 Å². The van der Waals surface area contributed by atoms with Gasteiger partial charge >= 0.3 is 0 Å². The summed E-state index contributed by atoms with van der Waals surface area (Å²) < 4.78 is 5.85. The molecule has 2 heterocycles. The summed E-state index contributed by atoms with van der Waals surface area (Å²) in [5.41, 5.74) is 0. The average Bonchev–Trinajstić information content (AvgIpc) is 2.40. The first-order valence-corrected chi connectivity index (χ1v) is 6.92. The van der Waals surface area contributed by atoms with Crippen molar-refractivity contribution in [2.75, 3.05) is 26.2 Å². The predicted octanol–water partition coefficient (Wildman–Crippen LogP) is 1.16. The third-order valence-electron chi connectivity index (χ3n) is 3.66. The molecule has 0 aromatic carbocycles. The number of nitrogens with one attached hydrogen (secondary N) is 1. The number of ether oxygens (including phenoxy) is 1. The van der Waals surface area contributed by atoms with Gasteiger partial charge < -0.3 is 15.0 Å². The van der Waals surface area contributed by atoms with Crippen molar-refractivity contribution in [3.8, 4) is 0 Å². The van der Waals surface area contributed by atoms with E-state index in [0.717, 1.165) is 51.9 Å². The molecule has 0 aromatic rings. The largest absolute Gasteiger partial charge is 0.364 e. The van der Waals surface area contributed by atoms with Crippen molar-refractivity contribution in [1.82, 2.24) is 10.2 Å². The Morgan fingerprint density at radius 1 is 1.29 bits per heavy atom. The Labute approximate surface area is 104 Å². The molecule has 0 spiro atoms. The number of hydrogen-bond acceptors (Lipinski definition) is 3. The standard InChI is InChI=1S/C13H24N2O2/c1-11(17-12-6-5-7-14-10-12)13(16)15-8-3-2-4-9-15/h11-12,14H,2-10H2,1H3. The average molecular weight is 240 g/mol. The number of piperidine rings is 2. The Balaban J connectivity index is 1.77. The summed E-state index contributed by atoms with van der Waals surface area (Å²) in [4.78, 5) is 14.1. The second kappa shape index (κ2) is 6.36. The molecule has 0 saturated carbocycles. The highest BCUT2D eigenvalue weighted by atomic mass is 16.5. The third kappa shape index (κ3) is 3.68. The van der Waals surface area contributed by atoms with Gasteiger partial charge in [-0.05, 0) is 45.6 Å². The lowest BCUT2D eigenvalue weighted by molar-refractivity contribution is -0.147. The highest BCUT2D eigenvalue weighted by molar-refractivity contribution is 5.80. The van der Waals surface area contributed by atoms with Crippen LogP contribution in [0.5, 0.6) is 0 Å². The van der Waals surface area contributed by atoms with Crippen LogP contribution >= 0.6 is 0 Å². The van der Waals surface area contributed by atoms with Gasteiger partial charge in [0.1, 0.15) is 6.10 Å². The number of amides is 1. The van der Waals surface area contributed by atoms with Crippen LogP contribution in [-0.4, -0.2) is 49.2 Å². The molecular formula is C13H24N2O2. The summed E-state index contributed by atoms with van der Waals surface area (Å²) in [5, 5.41) is 3.31. The second-order valence-corrected chi connectivity index (χ2v) is 5.13. The summed E-state index contributed by atoms with van der Waals surface area (Å²) >= 11 is 0. The molecule has 17 heavy (non-hydrogen) atoms. The van der Waals surface area contributed by atoms with Crippen LogP contribution in [0, 0.1) is 0 Å². The molecule has 2 saturated heterocycles. The Hall–Kier alpha value is -0.610. The zero-order valence-electron chi connectivity index (χ0n) is 10.8. The number of carbonyl (C=O) groups is 1. The van der Waals surface area contributed by atoms with E-state index in [0.29, 0.717) is 0 Å². The molecule has 0 bridgehead atoms. The van der Waals surface area contributed by atoms with Crippen LogP contribution in [0.25, 0.3) is 0 Å². The maximum absolute atomic E-state index is 12.2. The van der Waals surface area contributed by atoms with Gasteiger partial charge in [-0.3, -0.25) is 4.79 Å². The fourth-order valence-electron chi connectivity index (χ4n) is 2.65. The van der Waals surface area contributed by atoms with E-state index in [1.165, 1.54) is 6.42 Å². The molecule has 0 aromatic heterocycles. The molecule has 4 nitrogen and oxygen atoms in total. The van der Waals surface area contributed by atoms with E-state index in [9.17, 15) is 4.79 Å². The van der Waals surface area contributed by atoms with Gasteiger partial charge in [0, 0.05) is 19.6 Å². The molecule has 4 heteroatoms. The molecule has 2 rings (SSSR count). The van der Waals surface area contributed by atoms with E-state index in [1.807, 2.05) is 11.8 Å². The highest BCUT2D eigenvalue weighted by Gasteiger charge is 2.25. The normalized spacial score (nSPS) is 27.8. The quantitative estimate of drug-likeness (QED) is 0.805. The van der Waals surface area contributed by atoms with Crippen LogP contribution in [0.3, 0.4) is 0 Å². The zero-order valence-corrected chi connectivity index (χ0v) is 10.8. The molecule has 0 radical (unpaired) electrons. The molecule has 2 aliphatic rings. The summed E-state index contributed by atoms with van der Waals surface area (Å²) in [6.45, 7) is 5.68. The van der Waals surface area contributed by atoms with Crippen molar-refractivity contribution in [3.05, 3.63) is 0 Å². The molecule has 2 aliphatic heterocycles. The minimum absolute atomic E-state index is 0.176. The first-order chi connectivity index (χ1) is 8.27. The lowest BCUT2D eigenvalue weighted by Gasteiger charge is -2.31. The molecule has 2 atom stereocenters. The number of hydrogen-bond donors (Lipinski definition) is 1. The zero-order chi connectivity index (χ0) is 12.1. The lowest BCUT2D eigenvalue weighted by atomic mass is 10.1. The molecule has 98 valence electrons. The van der Waals surface area contributed by atoms with Gasteiger partial charge in [-0.2, -0.15) is 0 Å². The van der Waals surface area contributed by atoms with Crippen LogP contribution < -0.4 is 5.32 Å². The molecule has 2 unspecified atom stereocenters. The Morgan fingerprint density at radius 2 is 2.06 bits per heavy atom. The first-order valence-electron chi connectivity index (χ1n) is 6.92. The van der Waals surface area contributed by atoms with Crippen LogP contribution in [-0.2, 0) is 9.53 Å². The van der Waals surface area contributed by atoms with E-state index in [2.05, 4.69) is 5.32 Å². The van der Waals surface area contributed by atoms with Crippen molar-refractivity contribution in [1.29, 1.82) is 0 Å². The van der Waals surface area contributed by atoms with Gasteiger partial charge in [0.15, 0.2) is 0 Å². The summed E-state index contributed by atoms with van der Waals surface area (Å²) in [6.07, 6.45) is 5.70. The number of likely N-dealkylation sites (tertiary alicyclic amines) is 1. The van der Waals surface area contributed by atoms with Crippen molar-refractivity contribution in [2.45, 2.75) is 51.2 Å². The van der Waals surface area contributed by atoms with Gasteiger partial charge in [0.05, 0.1) is 6.10 Å². The maximum Gasteiger partial charge on any atom is 0.251 e. The van der Waals surface area contributed by atoms with E-state index in [-0.39, 0.29) is 18.1 Å². The third-order valence-corrected chi connectivity index (χ3v) is 3.66. The number of rotatable bonds is 3. The monoisotopic (exact) mass is 240 g/mol. The van der Waals surface area contributed by atoms with E-state index in [1.54, 1.807) is 0 Å². The SMILES string of the molecule is CC(OC1CCCNC1)C(=O)N1CCCCC1. The molecule has 2 fully saturated rings. The van der Waals surface area contributed by atoms with Crippen molar-refractivity contribution in [2.24, 2.45) is 0 Å². The summed E-state index contributed by atoms with van der Waals surface area (Å²) in [6, 6.07) is 0. The minimum Gasteiger partial charge on any atom is -0.364 e. The van der Waals surface area contributed by atoms with Gasteiger partial charge in [-0.1, -0.05) is 0 Å². The predicted molar refractivity (Wildman–Crippen MR) is 66.9 cm³/mol. The Morgan fingerprint density at radius 3 is 2.71 bits per heavy atom. The lowest BCUT2D eigenvalue weighted by Crippen LogP contribution is -2.45. The topological polar surface area (TPSA) is 41.6 Å². The summed E-state index contributed by atoms with van der Waals surface area (Å²) in [7, 11) is 0. The fraction of sp³-hybridized carbons (Fsp3) is 0.923. The minimum atomic E-state index is -0.280. The second-order valence-electron chi connectivity index (χ2n) is 5.13. The Kier molecular flexibility index (Phi) is 4.80. The van der Waals surface area contributed by atoms with Crippen LogP contribution in [0.2, 0.25) is 0 Å². The van der Waals surface area contributed by atoms with E-state index < -0.39 is 0 Å². The van der Waals surface area contributed by atoms with Gasteiger partial charge in [-0.25, -0.2) is 0 Å². The highest BCUT2D eigenvalue weighted by Crippen LogP contribution is 2.14. The van der Waals surface area contributed by atoms with Gasteiger partial charge in [-0.15, -0.1) is 0 Å². The van der Waals surface area contributed by atoms with E-state index in [4.69, 9.17) is 4.74 Å². The fourth-order valence-corrected chi connectivity index (χ4v) is 2.65. The first kappa shape index (κ1) is 12.8. The van der Waals surface area contributed by atoms with Crippen molar-refractivity contribution < 1.29 is 9.53 Å².